The maximum Gasteiger partial charge on any atom is 0.265 e. The number of benzene rings is 1. The molecule has 0 bridgehead atoms. The molecule has 0 aromatic heterocycles. The molecule has 0 spiro atoms. The number of carbonyl (C=O) groups is 2. The second-order valence-electron chi connectivity index (χ2n) is 5.55. The van der Waals surface area contributed by atoms with E-state index in [-0.39, 0.29) is 23.3 Å². The predicted molar refractivity (Wildman–Crippen MR) is 80.6 cm³/mol. The first-order valence-corrected chi connectivity index (χ1v) is 8.79. The van der Waals surface area contributed by atoms with Crippen LogP contribution in [0.4, 0.5) is 11.4 Å². The van der Waals surface area contributed by atoms with Crippen LogP contribution < -0.4 is 15.4 Å². The summed E-state index contributed by atoms with van der Waals surface area (Å²) in [5.41, 5.74) is 0.978. The summed E-state index contributed by atoms with van der Waals surface area (Å²) in [5.74, 6) is -0.617. The van der Waals surface area contributed by atoms with Crippen molar-refractivity contribution in [3.63, 3.8) is 0 Å². The Kier molecular flexibility index (Phi) is 3.56. The van der Waals surface area contributed by atoms with Crippen LogP contribution in [0.15, 0.2) is 18.2 Å². The summed E-state index contributed by atoms with van der Waals surface area (Å²) in [6, 6.07) is 4.91. The summed E-state index contributed by atoms with van der Waals surface area (Å²) >= 11 is 0. The second-order valence-corrected chi connectivity index (χ2v) is 7.78. The molecule has 2 aliphatic heterocycles. The monoisotopic (exact) mass is 324 g/mol. The number of hydrogen-bond donors (Lipinski definition) is 2. The Labute approximate surface area is 128 Å². The van der Waals surface area contributed by atoms with Gasteiger partial charge in [0.1, 0.15) is 5.75 Å². The first-order valence-electron chi connectivity index (χ1n) is 6.97. The van der Waals surface area contributed by atoms with E-state index in [0.717, 1.165) is 0 Å². The van der Waals surface area contributed by atoms with Crippen molar-refractivity contribution in [1.82, 2.24) is 0 Å². The van der Waals surface area contributed by atoms with Crippen LogP contribution in [0, 0.1) is 5.92 Å². The maximum atomic E-state index is 12.1. The van der Waals surface area contributed by atoms with Crippen LogP contribution in [-0.4, -0.2) is 37.8 Å². The molecular formula is C14H16N2O5S. The van der Waals surface area contributed by atoms with E-state index < -0.39 is 21.9 Å². The molecule has 3 rings (SSSR count). The highest BCUT2D eigenvalue weighted by Crippen LogP contribution is 2.32. The molecule has 22 heavy (non-hydrogen) atoms. The molecule has 0 radical (unpaired) electrons. The van der Waals surface area contributed by atoms with Crippen LogP contribution >= 0.6 is 0 Å². The van der Waals surface area contributed by atoms with Gasteiger partial charge >= 0.3 is 0 Å². The second kappa shape index (κ2) is 5.28. The Morgan fingerprint density at radius 2 is 2.18 bits per heavy atom. The third kappa shape index (κ3) is 2.92. The van der Waals surface area contributed by atoms with Gasteiger partial charge in [0, 0.05) is 5.69 Å². The van der Waals surface area contributed by atoms with Crippen LogP contribution in [0.1, 0.15) is 13.3 Å². The van der Waals surface area contributed by atoms with Gasteiger partial charge in [-0.15, -0.1) is 0 Å². The number of sulfone groups is 1. The smallest absolute Gasteiger partial charge is 0.265 e. The summed E-state index contributed by atoms with van der Waals surface area (Å²) in [7, 11) is -3.10. The highest BCUT2D eigenvalue weighted by Gasteiger charge is 2.33. The minimum atomic E-state index is -3.10. The Morgan fingerprint density at radius 3 is 2.86 bits per heavy atom. The number of anilines is 2. The van der Waals surface area contributed by atoms with Crippen molar-refractivity contribution in [2.45, 2.75) is 19.4 Å². The summed E-state index contributed by atoms with van der Waals surface area (Å²) in [6.07, 6.45) is -0.215. The summed E-state index contributed by atoms with van der Waals surface area (Å²) in [4.78, 5) is 23.7. The third-order valence-electron chi connectivity index (χ3n) is 3.78. The molecule has 2 heterocycles. The number of fused-ring (bicyclic) bond motifs is 1. The van der Waals surface area contributed by atoms with Gasteiger partial charge in [-0.2, -0.15) is 0 Å². The molecule has 1 aromatic rings. The molecule has 0 saturated carbocycles. The van der Waals surface area contributed by atoms with Crippen molar-refractivity contribution in [3.8, 4) is 5.75 Å². The van der Waals surface area contributed by atoms with Crippen LogP contribution in [0.3, 0.4) is 0 Å². The number of hydrogen-bond acceptors (Lipinski definition) is 5. The van der Waals surface area contributed by atoms with Gasteiger partial charge in [-0.25, -0.2) is 8.42 Å². The summed E-state index contributed by atoms with van der Waals surface area (Å²) in [5, 5.41) is 5.38. The van der Waals surface area contributed by atoms with E-state index in [1.165, 1.54) is 0 Å². The van der Waals surface area contributed by atoms with Crippen molar-refractivity contribution >= 4 is 33.0 Å². The van der Waals surface area contributed by atoms with Crippen molar-refractivity contribution < 1.29 is 22.7 Å². The lowest BCUT2D eigenvalue weighted by molar-refractivity contribution is -0.122. The molecule has 2 N–H and O–H groups in total. The third-order valence-corrected chi connectivity index (χ3v) is 5.55. The lowest BCUT2D eigenvalue weighted by Gasteiger charge is -2.23. The quantitative estimate of drug-likeness (QED) is 0.837. The SMILES string of the molecule is C[C@@H]1Oc2ccc(NC(=O)[C@@H]3CCS(=O)(=O)C3)cc2NC1=O. The molecule has 2 atom stereocenters. The molecule has 2 aliphatic rings. The van der Waals surface area contributed by atoms with E-state index in [1.807, 2.05) is 0 Å². The van der Waals surface area contributed by atoms with Gasteiger partial charge in [-0.05, 0) is 31.5 Å². The fraction of sp³-hybridized carbons (Fsp3) is 0.429. The van der Waals surface area contributed by atoms with Crippen LogP contribution in [0.5, 0.6) is 5.75 Å². The summed E-state index contributed by atoms with van der Waals surface area (Å²) in [6.45, 7) is 1.65. The summed E-state index contributed by atoms with van der Waals surface area (Å²) < 4.78 is 28.3. The van der Waals surface area contributed by atoms with E-state index in [1.54, 1.807) is 25.1 Å². The Bertz CT molecular complexity index is 744. The van der Waals surface area contributed by atoms with Crippen molar-refractivity contribution in [1.29, 1.82) is 0 Å². The normalized spacial score (nSPS) is 25.8. The van der Waals surface area contributed by atoms with Gasteiger partial charge in [0.15, 0.2) is 15.9 Å². The zero-order chi connectivity index (χ0) is 15.9. The lowest BCUT2D eigenvalue weighted by atomic mass is 10.1. The van der Waals surface area contributed by atoms with Crippen LogP contribution in [-0.2, 0) is 19.4 Å². The van der Waals surface area contributed by atoms with Crippen molar-refractivity contribution in [3.05, 3.63) is 18.2 Å². The number of amides is 2. The molecule has 8 heteroatoms. The van der Waals surface area contributed by atoms with Crippen LogP contribution in [0.25, 0.3) is 0 Å². The molecular weight excluding hydrogens is 308 g/mol. The van der Waals surface area contributed by atoms with E-state index in [4.69, 9.17) is 4.74 Å². The number of nitrogens with one attached hydrogen (secondary N) is 2. The van der Waals surface area contributed by atoms with Gasteiger partial charge in [-0.3, -0.25) is 9.59 Å². The predicted octanol–water partition coefficient (Wildman–Crippen LogP) is 0.779. The van der Waals surface area contributed by atoms with Gasteiger partial charge in [0.05, 0.1) is 23.1 Å². The lowest BCUT2D eigenvalue weighted by Crippen LogP contribution is -2.34. The molecule has 0 aliphatic carbocycles. The largest absolute Gasteiger partial charge is 0.479 e. The van der Waals surface area contributed by atoms with Gasteiger partial charge in [0.25, 0.3) is 5.91 Å². The first-order chi connectivity index (χ1) is 10.3. The van der Waals surface area contributed by atoms with Gasteiger partial charge in [0.2, 0.25) is 5.91 Å². The Morgan fingerprint density at radius 1 is 1.41 bits per heavy atom. The molecule has 7 nitrogen and oxygen atoms in total. The fourth-order valence-corrected chi connectivity index (χ4v) is 4.27. The number of carbonyl (C=O) groups excluding carboxylic acids is 2. The first kappa shape index (κ1) is 14.8. The highest BCUT2D eigenvalue weighted by atomic mass is 32.2. The average molecular weight is 324 g/mol. The molecule has 1 fully saturated rings. The topological polar surface area (TPSA) is 102 Å². The number of rotatable bonds is 2. The highest BCUT2D eigenvalue weighted by molar-refractivity contribution is 7.91. The van der Waals surface area contributed by atoms with Crippen molar-refractivity contribution in [2.75, 3.05) is 22.1 Å². The molecule has 1 saturated heterocycles. The Balaban J connectivity index is 1.73. The zero-order valence-corrected chi connectivity index (χ0v) is 12.8. The van der Waals surface area contributed by atoms with E-state index in [9.17, 15) is 18.0 Å². The average Bonchev–Trinajstić information content (AvgIpc) is 2.81. The molecule has 2 amide bonds. The minimum Gasteiger partial charge on any atom is -0.479 e. The Hall–Kier alpha value is -2.09. The zero-order valence-electron chi connectivity index (χ0n) is 12.0. The fourth-order valence-electron chi connectivity index (χ4n) is 2.53. The van der Waals surface area contributed by atoms with Gasteiger partial charge < -0.3 is 15.4 Å². The molecule has 0 unspecified atom stereocenters. The van der Waals surface area contributed by atoms with Crippen LogP contribution in [0.2, 0.25) is 0 Å². The molecule has 118 valence electrons. The minimum absolute atomic E-state index is 0.0526. The standard InChI is InChI=1S/C14H16N2O5S/c1-8-13(17)16-11-6-10(2-3-12(11)21-8)15-14(18)9-4-5-22(19,20)7-9/h2-3,6,8-9H,4-5,7H2,1H3,(H,15,18)(H,16,17)/t8-,9+/m0/s1. The van der Waals surface area contributed by atoms with Gasteiger partial charge in [-0.1, -0.05) is 0 Å². The maximum absolute atomic E-state index is 12.1. The van der Waals surface area contributed by atoms with E-state index in [2.05, 4.69) is 10.6 Å². The number of ether oxygens (including phenoxy) is 1. The van der Waals surface area contributed by atoms with Crippen molar-refractivity contribution in [2.24, 2.45) is 5.92 Å². The molecule has 1 aromatic carbocycles. The van der Waals surface area contributed by atoms with E-state index in [0.29, 0.717) is 23.5 Å². The van der Waals surface area contributed by atoms with E-state index >= 15 is 0 Å².